The molecular formula is C20H20F4N6O5S. The maximum Gasteiger partial charge on any atom is 0.573 e. The lowest BCUT2D eigenvalue weighted by Crippen LogP contribution is -2.41. The highest BCUT2D eigenvalue weighted by molar-refractivity contribution is 7.90. The first-order valence-electron chi connectivity index (χ1n) is 10.3. The Morgan fingerprint density at radius 3 is 2.58 bits per heavy atom. The van der Waals surface area contributed by atoms with Crippen LogP contribution in [-0.4, -0.2) is 57.8 Å². The van der Waals surface area contributed by atoms with Gasteiger partial charge in [0.2, 0.25) is 15.8 Å². The number of hydrogen-bond acceptors (Lipinski definition) is 9. The lowest BCUT2D eigenvalue weighted by molar-refractivity contribution is -0.274. The molecule has 2 heterocycles. The van der Waals surface area contributed by atoms with Crippen LogP contribution in [0.5, 0.6) is 5.75 Å². The fourth-order valence-electron chi connectivity index (χ4n) is 3.27. The Kier molecular flexibility index (Phi) is 7.88. The molecule has 2 unspecified atom stereocenters. The number of nitrogens with two attached hydrogens (primary N) is 1. The number of benzene rings is 1. The monoisotopic (exact) mass is 532 g/mol. The van der Waals surface area contributed by atoms with E-state index in [2.05, 4.69) is 25.1 Å². The molecule has 1 aromatic carbocycles. The van der Waals surface area contributed by atoms with Crippen LogP contribution in [0.1, 0.15) is 31.0 Å². The Hall–Kier alpha value is -3.66. The smallest absolute Gasteiger partial charge is 0.465 e. The van der Waals surface area contributed by atoms with Crippen molar-refractivity contribution in [1.29, 1.82) is 0 Å². The summed E-state index contributed by atoms with van der Waals surface area (Å²) in [7, 11) is -4.34. The van der Waals surface area contributed by atoms with Crippen LogP contribution in [0, 0.1) is 5.82 Å². The molecule has 0 spiro atoms. The molecule has 2 N–H and O–H groups in total. The minimum absolute atomic E-state index is 0.0459. The molecule has 0 saturated heterocycles. The molecule has 11 nitrogen and oxygen atoms in total. The van der Waals surface area contributed by atoms with Gasteiger partial charge in [0.15, 0.2) is 5.25 Å². The van der Waals surface area contributed by atoms with Crippen LogP contribution in [0.15, 0.2) is 36.4 Å². The van der Waals surface area contributed by atoms with Crippen molar-refractivity contribution in [3.05, 3.63) is 53.5 Å². The Balaban J connectivity index is 1.85. The van der Waals surface area contributed by atoms with Gasteiger partial charge in [0, 0.05) is 17.2 Å². The first kappa shape index (κ1) is 26.9. The van der Waals surface area contributed by atoms with Crippen molar-refractivity contribution in [3.63, 3.8) is 0 Å². The summed E-state index contributed by atoms with van der Waals surface area (Å²) in [5, 5.41) is 15.1. The number of halogens is 4. The number of hydrogen-bond donors (Lipinski definition) is 1. The molecule has 3 rings (SSSR count). The van der Waals surface area contributed by atoms with Gasteiger partial charge in [-0.15, -0.1) is 23.4 Å². The normalized spacial score (nSPS) is 13.8. The number of alkyl halides is 3. The molecule has 3 aromatic rings. The van der Waals surface area contributed by atoms with Crippen LogP contribution in [0.2, 0.25) is 0 Å². The van der Waals surface area contributed by atoms with Crippen LogP contribution >= 0.6 is 0 Å². The summed E-state index contributed by atoms with van der Waals surface area (Å²) in [5.41, 5.74) is 0.109. The third-order valence-corrected chi connectivity index (χ3v) is 6.12. The van der Waals surface area contributed by atoms with E-state index in [4.69, 9.17) is 9.88 Å². The highest BCUT2D eigenvalue weighted by Gasteiger charge is 2.38. The summed E-state index contributed by atoms with van der Waals surface area (Å²) in [5.74, 6) is -3.50. The molecule has 0 bridgehead atoms. The number of esters is 1. The van der Waals surface area contributed by atoms with Crippen LogP contribution in [0.3, 0.4) is 0 Å². The van der Waals surface area contributed by atoms with E-state index in [0.717, 1.165) is 23.0 Å². The molecule has 0 aliphatic carbocycles. The quantitative estimate of drug-likeness (QED) is 0.323. The van der Waals surface area contributed by atoms with Crippen molar-refractivity contribution in [2.45, 2.75) is 37.9 Å². The fourth-order valence-corrected chi connectivity index (χ4v) is 4.31. The molecule has 36 heavy (non-hydrogen) atoms. The van der Waals surface area contributed by atoms with Gasteiger partial charge in [-0.2, -0.15) is 4.80 Å². The van der Waals surface area contributed by atoms with Crippen LogP contribution in [-0.2, 0) is 26.1 Å². The van der Waals surface area contributed by atoms with Crippen LogP contribution in [0.4, 0.5) is 17.6 Å². The average molecular weight is 532 g/mol. The molecule has 2 atom stereocenters. The van der Waals surface area contributed by atoms with E-state index in [9.17, 15) is 30.8 Å². The highest BCUT2D eigenvalue weighted by Crippen LogP contribution is 2.26. The van der Waals surface area contributed by atoms with E-state index in [1.807, 2.05) is 0 Å². The van der Waals surface area contributed by atoms with Gasteiger partial charge in [0.1, 0.15) is 17.3 Å². The first-order valence-corrected chi connectivity index (χ1v) is 11.9. The number of nitrogens with zero attached hydrogens (tertiary/aromatic N) is 5. The van der Waals surface area contributed by atoms with Gasteiger partial charge < -0.3 is 9.47 Å². The second-order valence-corrected chi connectivity index (χ2v) is 9.13. The summed E-state index contributed by atoms with van der Waals surface area (Å²) in [4.78, 5) is 17.4. The average Bonchev–Trinajstić information content (AvgIpc) is 3.23. The van der Waals surface area contributed by atoms with E-state index in [-0.39, 0.29) is 35.9 Å². The molecular weight excluding hydrogens is 512 g/mol. The van der Waals surface area contributed by atoms with Crippen LogP contribution in [0.25, 0.3) is 11.5 Å². The van der Waals surface area contributed by atoms with Crippen molar-refractivity contribution < 1.29 is 40.2 Å². The van der Waals surface area contributed by atoms with Gasteiger partial charge in [-0.3, -0.25) is 4.79 Å². The van der Waals surface area contributed by atoms with E-state index in [1.165, 1.54) is 32.0 Å². The zero-order valence-corrected chi connectivity index (χ0v) is 19.6. The maximum absolute atomic E-state index is 14.1. The van der Waals surface area contributed by atoms with Gasteiger partial charge >= 0.3 is 12.3 Å². The Bertz CT molecular complexity index is 1350. The van der Waals surface area contributed by atoms with Crippen molar-refractivity contribution in [1.82, 2.24) is 25.2 Å². The zero-order valence-electron chi connectivity index (χ0n) is 18.8. The van der Waals surface area contributed by atoms with Gasteiger partial charge in [-0.25, -0.2) is 22.9 Å². The molecule has 194 valence electrons. The van der Waals surface area contributed by atoms with Crippen molar-refractivity contribution in [2.24, 2.45) is 5.14 Å². The number of tetrazole rings is 1. The summed E-state index contributed by atoms with van der Waals surface area (Å²) in [6, 6.07) is 6.96. The van der Waals surface area contributed by atoms with Gasteiger partial charge in [0.25, 0.3) is 0 Å². The number of aromatic nitrogens is 5. The van der Waals surface area contributed by atoms with Crippen molar-refractivity contribution in [3.8, 4) is 17.3 Å². The second-order valence-electron chi connectivity index (χ2n) is 7.44. The number of ether oxygens (including phenoxy) is 2. The zero-order chi connectivity index (χ0) is 26.7. The minimum Gasteiger partial charge on any atom is -0.465 e. The molecule has 0 amide bonds. The highest BCUT2D eigenvalue weighted by atomic mass is 32.2. The minimum atomic E-state index is -4.95. The topological polar surface area (TPSA) is 152 Å². The van der Waals surface area contributed by atoms with Crippen LogP contribution < -0.4 is 9.88 Å². The molecule has 0 radical (unpaired) electrons. The largest absolute Gasteiger partial charge is 0.573 e. The standard InChI is InChI=1S/C20H20F4N6O5S/c1-3-34-19(31)17(36(25,32)33)11(2)15-5-4-6-16(26-15)18-27-29-30(28-18)10-12-9-13(7-8-14(12)21)35-20(22,23)24/h4-9,11,17H,3,10H2,1-2H3,(H2,25,32,33). The van der Waals surface area contributed by atoms with Gasteiger partial charge in [0.05, 0.1) is 13.2 Å². The van der Waals surface area contributed by atoms with Crippen molar-refractivity contribution in [2.75, 3.05) is 6.61 Å². The van der Waals surface area contributed by atoms with E-state index in [0.29, 0.717) is 0 Å². The Morgan fingerprint density at radius 2 is 1.94 bits per heavy atom. The third-order valence-electron chi connectivity index (χ3n) is 4.81. The first-order chi connectivity index (χ1) is 16.8. The van der Waals surface area contributed by atoms with E-state index >= 15 is 0 Å². The number of pyridine rings is 1. The lowest BCUT2D eigenvalue weighted by Gasteiger charge is -2.20. The Morgan fingerprint density at radius 1 is 1.22 bits per heavy atom. The predicted molar refractivity (Wildman–Crippen MR) is 115 cm³/mol. The van der Waals surface area contributed by atoms with Gasteiger partial charge in [-0.05, 0) is 42.5 Å². The number of rotatable bonds is 9. The van der Waals surface area contributed by atoms with Crippen molar-refractivity contribution >= 4 is 16.0 Å². The number of carbonyl (C=O) groups excluding carboxylic acids is 1. The summed E-state index contributed by atoms with van der Waals surface area (Å²) in [6.45, 7) is 2.52. The number of sulfonamides is 1. The Labute approximate surface area is 202 Å². The third kappa shape index (κ3) is 6.72. The molecule has 16 heteroatoms. The number of carbonyl (C=O) groups is 1. The maximum atomic E-state index is 14.1. The SMILES string of the molecule is CCOC(=O)C(C(C)c1cccc(-c2nnn(Cc3cc(OC(F)(F)F)ccc3F)n2)n1)S(N)(=O)=O. The van der Waals surface area contributed by atoms with Gasteiger partial charge in [-0.1, -0.05) is 13.0 Å². The summed E-state index contributed by atoms with van der Waals surface area (Å²) in [6.07, 6.45) is -4.95. The predicted octanol–water partition coefficient (Wildman–Crippen LogP) is 2.14. The lowest BCUT2D eigenvalue weighted by atomic mass is 10.0. The fraction of sp³-hybridized carbons (Fsp3) is 0.350. The molecule has 0 aliphatic rings. The molecule has 2 aromatic heterocycles. The number of primary sulfonamides is 1. The van der Waals surface area contributed by atoms with E-state index in [1.54, 1.807) is 0 Å². The molecule has 0 aliphatic heterocycles. The second kappa shape index (κ2) is 10.5. The summed E-state index contributed by atoms with van der Waals surface area (Å²) >= 11 is 0. The van der Waals surface area contributed by atoms with E-state index < -0.39 is 45.1 Å². The molecule has 0 saturated carbocycles. The molecule has 0 fully saturated rings. The summed E-state index contributed by atoms with van der Waals surface area (Å²) < 4.78 is 84.1.